The van der Waals surface area contributed by atoms with Crippen molar-refractivity contribution in [1.82, 2.24) is 15.0 Å². The Hall–Kier alpha value is -1.28. The number of sulfonamides is 1. The fourth-order valence-electron chi connectivity index (χ4n) is 1.81. The molecule has 0 bridgehead atoms. The third-order valence-corrected chi connectivity index (χ3v) is 5.04. The van der Waals surface area contributed by atoms with Gasteiger partial charge in [0.05, 0.1) is 11.4 Å². The SMILES string of the molecule is CCCNCc1cccc(S(=O)(=O)NCc2nccs2)c1. The molecule has 0 aliphatic heterocycles. The summed E-state index contributed by atoms with van der Waals surface area (Å²) in [6, 6.07) is 6.99. The monoisotopic (exact) mass is 325 g/mol. The highest BCUT2D eigenvalue weighted by atomic mass is 32.2. The molecule has 0 unspecified atom stereocenters. The lowest BCUT2D eigenvalue weighted by Gasteiger charge is -2.08. The van der Waals surface area contributed by atoms with E-state index in [1.165, 1.54) is 11.3 Å². The van der Waals surface area contributed by atoms with Gasteiger partial charge in [-0.05, 0) is 30.7 Å². The summed E-state index contributed by atoms with van der Waals surface area (Å²) in [5.41, 5.74) is 0.959. The first-order chi connectivity index (χ1) is 10.1. The normalized spacial score (nSPS) is 11.7. The first-order valence-corrected chi connectivity index (χ1v) is 9.16. The molecule has 21 heavy (non-hydrogen) atoms. The van der Waals surface area contributed by atoms with E-state index in [2.05, 4.69) is 21.9 Å². The minimum absolute atomic E-state index is 0.221. The Labute approximate surface area is 129 Å². The van der Waals surface area contributed by atoms with Crippen molar-refractivity contribution in [3.8, 4) is 0 Å². The lowest BCUT2D eigenvalue weighted by Crippen LogP contribution is -2.23. The van der Waals surface area contributed by atoms with E-state index in [-0.39, 0.29) is 11.4 Å². The number of nitrogens with zero attached hydrogens (tertiary/aromatic N) is 1. The molecule has 1 aromatic carbocycles. The zero-order valence-electron chi connectivity index (χ0n) is 11.9. The molecule has 7 heteroatoms. The molecule has 0 atom stereocenters. The molecule has 2 rings (SSSR count). The number of aromatic nitrogens is 1. The lowest BCUT2D eigenvalue weighted by atomic mass is 10.2. The van der Waals surface area contributed by atoms with Crippen LogP contribution in [-0.4, -0.2) is 19.9 Å². The van der Waals surface area contributed by atoms with Gasteiger partial charge in [-0.25, -0.2) is 18.1 Å². The van der Waals surface area contributed by atoms with Gasteiger partial charge in [-0.2, -0.15) is 0 Å². The molecule has 2 N–H and O–H groups in total. The van der Waals surface area contributed by atoms with Crippen molar-refractivity contribution in [2.24, 2.45) is 0 Å². The lowest BCUT2D eigenvalue weighted by molar-refractivity contribution is 0.580. The molecule has 1 heterocycles. The molecule has 0 aliphatic rings. The molecule has 0 spiro atoms. The predicted octanol–water partition coefficient (Wildman–Crippen LogP) is 2.12. The summed E-state index contributed by atoms with van der Waals surface area (Å²) in [6.07, 6.45) is 2.71. The largest absolute Gasteiger partial charge is 0.313 e. The topological polar surface area (TPSA) is 71.1 Å². The van der Waals surface area contributed by atoms with Crippen LogP contribution in [0.3, 0.4) is 0 Å². The van der Waals surface area contributed by atoms with Crippen LogP contribution >= 0.6 is 11.3 Å². The van der Waals surface area contributed by atoms with Gasteiger partial charge in [-0.1, -0.05) is 19.1 Å². The van der Waals surface area contributed by atoms with Crippen molar-refractivity contribution in [2.45, 2.75) is 31.3 Å². The Morgan fingerprint density at radius 3 is 2.86 bits per heavy atom. The fourth-order valence-corrected chi connectivity index (χ4v) is 3.52. The van der Waals surface area contributed by atoms with Crippen molar-refractivity contribution in [3.05, 3.63) is 46.4 Å². The van der Waals surface area contributed by atoms with Crippen LogP contribution in [0, 0.1) is 0 Å². The number of hydrogen-bond acceptors (Lipinski definition) is 5. The first-order valence-electron chi connectivity index (χ1n) is 6.79. The van der Waals surface area contributed by atoms with Crippen LogP contribution in [-0.2, 0) is 23.1 Å². The van der Waals surface area contributed by atoms with Gasteiger partial charge in [0.15, 0.2) is 0 Å². The third kappa shape index (κ3) is 4.89. The van der Waals surface area contributed by atoms with E-state index in [9.17, 15) is 8.42 Å². The highest BCUT2D eigenvalue weighted by Crippen LogP contribution is 2.13. The smallest absolute Gasteiger partial charge is 0.240 e. The van der Waals surface area contributed by atoms with Crippen molar-refractivity contribution >= 4 is 21.4 Å². The van der Waals surface area contributed by atoms with E-state index in [1.807, 2.05) is 11.4 Å². The second kappa shape index (κ2) is 7.65. The highest BCUT2D eigenvalue weighted by Gasteiger charge is 2.14. The maximum Gasteiger partial charge on any atom is 0.240 e. The summed E-state index contributed by atoms with van der Waals surface area (Å²) in [4.78, 5) is 4.35. The van der Waals surface area contributed by atoms with Gasteiger partial charge in [-0.3, -0.25) is 0 Å². The summed E-state index contributed by atoms with van der Waals surface area (Å²) in [6.45, 7) is 3.90. The second-order valence-electron chi connectivity index (χ2n) is 4.57. The highest BCUT2D eigenvalue weighted by molar-refractivity contribution is 7.89. The molecular weight excluding hydrogens is 306 g/mol. The fraction of sp³-hybridized carbons (Fsp3) is 0.357. The van der Waals surface area contributed by atoms with Crippen molar-refractivity contribution in [1.29, 1.82) is 0 Å². The van der Waals surface area contributed by atoms with Crippen LogP contribution in [0.25, 0.3) is 0 Å². The molecule has 5 nitrogen and oxygen atoms in total. The van der Waals surface area contributed by atoms with E-state index in [1.54, 1.807) is 24.4 Å². The summed E-state index contributed by atoms with van der Waals surface area (Å²) >= 11 is 1.43. The molecular formula is C14H19N3O2S2. The molecule has 1 aromatic heterocycles. The van der Waals surface area contributed by atoms with E-state index in [4.69, 9.17) is 0 Å². The van der Waals surface area contributed by atoms with Crippen molar-refractivity contribution < 1.29 is 8.42 Å². The van der Waals surface area contributed by atoms with Crippen molar-refractivity contribution in [3.63, 3.8) is 0 Å². The molecule has 0 amide bonds. The van der Waals surface area contributed by atoms with Crippen molar-refractivity contribution in [2.75, 3.05) is 6.54 Å². The summed E-state index contributed by atoms with van der Waals surface area (Å²) < 4.78 is 27.1. The minimum atomic E-state index is -3.50. The van der Waals surface area contributed by atoms with Gasteiger partial charge in [0.25, 0.3) is 0 Å². The molecule has 0 radical (unpaired) electrons. The molecule has 2 aromatic rings. The Balaban J connectivity index is 2.03. The first kappa shape index (κ1) is 16.1. The van der Waals surface area contributed by atoms with E-state index >= 15 is 0 Å². The van der Waals surface area contributed by atoms with E-state index in [0.717, 1.165) is 23.5 Å². The van der Waals surface area contributed by atoms with E-state index in [0.29, 0.717) is 6.54 Å². The number of benzene rings is 1. The Kier molecular flexibility index (Phi) is 5.86. The van der Waals surface area contributed by atoms with E-state index < -0.39 is 10.0 Å². The maximum atomic E-state index is 12.3. The van der Waals surface area contributed by atoms with Gasteiger partial charge in [0, 0.05) is 18.1 Å². The Morgan fingerprint density at radius 1 is 1.29 bits per heavy atom. The average molecular weight is 325 g/mol. The quantitative estimate of drug-likeness (QED) is 0.729. The molecule has 0 saturated heterocycles. The standard InChI is InChI=1S/C14H19N3O2S2/c1-2-6-15-10-12-4-3-5-13(9-12)21(18,19)17-11-14-16-7-8-20-14/h3-5,7-9,15,17H,2,6,10-11H2,1H3. The molecule has 114 valence electrons. The predicted molar refractivity (Wildman–Crippen MR) is 84.6 cm³/mol. The summed E-state index contributed by atoms with van der Waals surface area (Å²) in [5.74, 6) is 0. The average Bonchev–Trinajstić information content (AvgIpc) is 2.99. The third-order valence-electron chi connectivity index (χ3n) is 2.86. The van der Waals surface area contributed by atoms with Crippen LogP contribution in [0.1, 0.15) is 23.9 Å². The Bertz CT molecular complexity index is 655. The van der Waals surface area contributed by atoms with Crippen LogP contribution in [0.15, 0.2) is 40.7 Å². The van der Waals surface area contributed by atoms with Crippen LogP contribution < -0.4 is 10.0 Å². The van der Waals surface area contributed by atoms with Gasteiger partial charge in [0.2, 0.25) is 10.0 Å². The zero-order valence-corrected chi connectivity index (χ0v) is 13.5. The number of hydrogen-bond donors (Lipinski definition) is 2. The van der Waals surface area contributed by atoms with Crippen LogP contribution in [0.4, 0.5) is 0 Å². The van der Waals surface area contributed by atoms with Crippen LogP contribution in [0.2, 0.25) is 0 Å². The number of nitrogens with one attached hydrogen (secondary N) is 2. The maximum absolute atomic E-state index is 12.3. The zero-order chi connectivity index (χ0) is 15.1. The van der Waals surface area contributed by atoms with Gasteiger partial charge >= 0.3 is 0 Å². The second-order valence-corrected chi connectivity index (χ2v) is 7.32. The number of rotatable bonds is 8. The van der Waals surface area contributed by atoms with Crippen LogP contribution in [0.5, 0.6) is 0 Å². The van der Waals surface area contributed by atoms with Gasteiger partial charge < -0.3 is 5.32 Å². The molecule has 0 fully saturated rings. The minimum Gasteiger partial charge on any atom is -0.313 e. The Morgan fingerprint density at radius 2 is 2.14 bits per heavy atom. The molecule has 0 aliphatic carbocycles. The summed E-state index contributed by atoms with van der Waals surface area (Å²) in [5, 5.41) is 5.83. The molecule has 0 saturated carbocycles. The number of thiazole rings is 1. The van der Waals surface area contributed by atoms with Gasteiger partial charge in [0.1, 0.15) is 5.01 Å². The van der Waals surface area contributed by atoms with Gasteiger partial charge in [-0.15, -0.1) is 11.3 Å². The summed E-state index contributed by atoms with van der Waals surface area (Å²) in [7, 11) is -3.50.